The molecule has 0 spiro atoms. The molecule has 1 aromatic heterocycles. The van der Waals surface area contributed by atoms with Crippen LogP contribution in [0.1, 0.15) is 24.9 Å². The molecule has 134 valence electrons. The van der Waals surface area contributed by atoms with Crippen LogP contribution in [0, 0.1) is 0 Å². The quantitative estimate of drug-likeness (QED) is 0.437. The van der Waals surface area contributed by atoms with Gasteiger partial charge in [0.25, 0.3) is 0 Å². The lowest BCUT2D eigenvalue weighted by atomic mass is 9.77. The second-order valence-electron chi connectivity index (χ2n) is 6.77. The van der Waals surface area contributed by atoms with Crippen molar-refractivity contribution < 1.29 is 0 Å². The Bertz CT molecular complexity index is 984. The molecule has 4 atom stereocenters. The number of hydrogen-bond donors (Lipinski definition) is 0. The Labute approximate surface area is 171 Å². The van der Waals surface area contributed by atoms with Crippen LogP contribution in [0.25, 0.3) is 0 Å². The number of rotatable bonds is 0. The first-order chi connectivity index (χ1) is 11.5. The molecule has 5 nitrogen and oxygen atoms in total. The zero-order valence-corrected chi connectivity index (χ0v) is 17.0. The fourth-order valence-corrected chi connectivity index (χ4v) is 7.64. The minimum Gasteiger partial charge on any atom is -0.246 e. The average molecular weight is 464 g/mol. The number of alkyl halides is 4. The Morgan fingerprint density at radius 3 is 1.56 bits per heavy atom. The van der Waals surface area contributed by atoms with Gasteiger partial charge in [-0.15, -0.1) is 23.2 Å². The summed E-state index contributed by atoms with van der Waals surface area (Å²) >= 11 is 39.8. The highest BCUT2D eigenvalue weighted by Crippen LogP contribution is 2.78. The van der Waals surface area contributed by atoms with Gasteiger partial charge in [0.1, 0.15) is 9.75 Å². The van der Waals surface area contributed by atoms with Crippen molar-refractivity contribution in [2.75, 3.05) is 0 Å². The van der Waals surface area contributed by atoms with Crippen LogP contribution in [0.3, 0.4) is 0 Å². The van der Waals surface area contributed by atoms with Gasteiger partial charge >= 0.3 is 11.4 Å². The summed E-state index contributed by atoms with van der Waals surface area (Å²) < 4.78 is 2.13. The van der Waals surface area contributed by atoms with E-state index in [-0.39, 0.29) is 10.1 Å². The predicted molar refractivity (Wildman–Crippen MR) is 98.6 cm³/mol. The molecule has 0 aromatic carbocycles. The molecule has 0 radical (unpaired) electrons. The molecule has 0 N–H and O–H groups in total. The van der Waals surface area contributed by atoms with Crippen LogP contribution < -0.4 is 11.4 Å². The maximum atomic E-state index is 12.6. The molecule has 1 aromatic rings. The fraction of sp³-hybridized carbons (Fsp3) is 0.571. The van der Waals surface area contributed by atoms with Gasteiger partial charge < -0.3 is 0 Å². The van der Waals surface area contributed by atoms with Gasteiger partial charge in [-0.1, -0.05) is 46.4 Å². The van der Waals surface area contributed by atoms with Crippen molar-refractivity contribution in [1.29, 1.82) is 0 Å². The molecule has 4 bridgehead atoms. The molecule has 0 saturated carbocycles. The summed E-state index contributed by atoms with van der Waals surface area (Å²) in [5.41, 5.74) is 0.317. The van der Waals surface area contributed by atoms with E-state index in [1.807, 2.05) is 0 Å². The maximum Gasteiger partial charge on any atom is 0.347 e. The number of nitrogens with zero attached hydrogens (tertiary/aromatic N) is 3. The Balaban J connectivity index is 1.91. The van der Waals surface area contributed by atoms with Crippen molar-refractivity contribution in [2.45, 2.75) is 39.0 Å². The van der Waals surface area contributed by atoms with Crippen LogP contribution in [-0.4, -0.2) is 28.0 Å². The highest BCUT2D eigenvalue weighted by molar-refractivity contribution is 6.67. The summed E-state index contributed by atoms with van der Waals surface area (Å²) in [7, 11) is 1.43. The van der Waals surface area contributed by atoms with Gasteiger partial charge in [-0.05, 0) is 24.0 Å². The first kappa shape index (κ1) is 17.1. The van der Waals surface area contributed by atoms with E-state index < -0.39 is 37.5 Å². The molecule has 0 amide bonds. The molecular formula is C14H9Cl6N3O2. The monoisotopic (exact) mass is 461 g/mol. The number of hydrogen-bond acceptors (Lipinski definition) is 2. The number of allylic oxidation sites excluding steroid dienone is 4. The summed E-state index contributed by atoms with van der Waals surface area (Å²) in [5, 5.41) is 0.139. The van der Waals surface area contributed by atoms with Crippen LogP contribution in [0.4, 0.5) is 0 Å². The SMILES string of the molecule is Cn1c(=O)n2n(c1=O)[C@H]1CC[C@@H]2C2=C1[C@@]1(Cl)C(Cl)=C(Cl)[C@]2(Cl)C1(Cl)Cl. The lowest BCUT2D eigenvalue weighted by molar-refractivity contribution is 0.226. The molecule has 25 heavy (non-hydrogen) atoms. The van der Waals surface area contributed by atoms with Crippen LogP contribution in [0.5, 0.6) is 0 Å². The van der Waals surface area contributed by atoms with Crippen LogP contribution in [0.2, 0.25) is 0 Å². The molecule has 11 heteroatoms. The van der Waals surface area contributed by atoms with Gasteiger partial charge in [-0.3, -0.25) is 0 Å². The first-order valence-corrected chi connectivity index (χ1v) is 9.76. The maximum absolute atomic E-state index is 12.6. The summed E-state index contributed by atoms with van der Waals surface area (Å²) in [4.78, 5) is 22.1. The number of halogens is 6. The third kappa shape index (κ3) is 1.40. The Morgan fingerprint density at radius 1 is 0.840 bits per heavy atom. The molecular weight excluding hydrogens is 455 g/mol. The molecule has 3 aliphatic carbocycles. The van der Waals surface area contributed by atoms with Crippen molar-refractivity contribution in [3.8, 4) is 0 Å². The van der Waals surface area contributed by atoms with E-state index in [1.165, 1.54) is 16.4 Å². The minimum absolute atomic E-state index is 0.0695. The summed E-state index contributed by atoms with van der Waals surface area (Å²) in [6, 6.07) is -1.01. The standard InChI is InChI=1S/C14H9Cl6N3O2/c1-21-10(24)22-4-2-3-5(23(22)11(21)25)7-6(4)12(17)8(15)9(16)13(7,18)14(12,19)20/h4-5H,2-3H2,1H3/t4-,5+,12+,13-. The average Bonchev–Trinajstić information content (AvgIpc) is 2.95. The van der Waals surface area contributed by atoms with E-state index in [0.717, 1.165) is 4.57 Å². The van der Waals surface area contributed by atoms with E-state index in [9.17, 15) is 9.59 Å². The topological polar surface area (TPSA) is 48.9 Å². The van der Waals surface area contributed by atoms with Crippen molar-refractivity contribution in [1.82, 2.24) is 13.9 Å². The zero-order chi connectivity index (χ0) is 18.3. The predicted octanol–water partition coefficient (Wildman–Crippen LogP) is 3.38. The van der Waals surface area contributed by atoms with E-state index in [4.69, 9.17) is 69.6 Å². The van der Waals surface area contributed by atoms with Crippen LogP contribution in [-0.2, 0) is 7.05 Å². The molecule has 0 fully saturated rings. The van der Waals surface area contributed by atoms with E-state index in [1.54, 1.807) is 0 Å². The lowest BCUT2D eigenvalue weighted by Crippen LogP contribution is -2.48. The van der Waals surface area contributed by atoms with Gasteiger partial charge in [-0.2, -0.15) is 0 Å². The van der Waals surface area contributed by atoms with Crippen molar-refractivity contribution in [2.24, 2.45) is 7.05 Å². The first-order valence-electron chi connectivity index (χ1n) is 7.49. The van der Waals surface area contributed by atoms with Gasteiger partial charge in [0, 0.05) is 7.05 Å². The number of aromatic nitrogens is 3. The normalized spacial score (nSPS) is 40.1. The van der Waals surface area contributed by atoms with Gasteiger partial charge in [0.15, 0.2) is 4.33 Å². The van der Waals surface area contributed by atoms with Crippen molar-refractivity contribution in [3.05, 3.63) is 42.2 Å². The summed E-state index contributed by atoms with van der Waals surface area (Å²) in [6.45, 7) is 0. The second kappa shape index (κ2) is 4.50. The van der Waals surface area contributed by atoms with Crippen molar-refractivity contribution >= 4 is 69.6 Å². The lowest BCUT2D eigenvalue weighted by Gasteiger charge is -2.45. The van der Waals surface area contributed by atoms with Crippen LogP contribution >= 0.6 is 69.6 Å². The summed E-state index contributed by atoms with van der Waals surface area (Å²) in [5.74, 6) is 0. The van der Waals surface area contributed by atoms with Gasteiger partial charge in [0.2, 0.25) is 0 Å². The molecule has 0 unspecified atom stereocenters. The molecule has 3 heterocycles. The summed E-state index contributed by atoms with van der Waals surface area (Å²) in [6.07, 6.45) is 1.19. The smallest absolute Gasteiger partial charge is 0.246 e. The van der Waals surface area contributed by atoms with Crippen LogP contribution in [0.15, 0.2) is 30.8 Å². The minimum atomic E-state index is -1.73. The van der Waals surface area contributed by atoms with Gasteiger partial charge in [-0.25, -0.2) is 23.5 Å². The molecule has 2 aliphatic heterocycles. The second-order valence-corrected chi connectivity index (χ2v) is 9.99. The van der Waals surface area contributed by atoms with E-state index in [0.29, 0.717) is 24.0 Å². The Hall–Kier alpha value is -0.0400. The van der Waals surface area contributed by atoms with E-state index in [2.05, 4.69) is 0 Å². The molecule has 5 aliphatic rings. The molecule has 6 rings (SSSR count). The number of fused-ring (bicyclic) bond motifs is 3. The fourth-order valence-electron chi connectivity index (χ4n) is 4.81. The third-order valence-corrected chi connectivity index (χ3v) is 9.97. The third-order valence-electron chi connectivity index (χ3n) is 5.86. The largest absolute Gasteiger partial charge is 0.347 e. The molecule has 0 saturated heterocycles. The Kier molecular flexibility index (Phi) is 3.08. The highest BCUT2D eigenvalue weighted by atomic mass is 35.5. The van der Waals surface area contributed by atoms with Crippen molar-refractivity contribution in [3.63, 3.8) is 0 Å². The zero-order valence-electron chi connectivity index (χ0n) is 12.5. The highest BCUT2D eigenvalue weighted by Gasteiger charge is 2.81. The Morgan fingerprint density at radius 2 is 1.20 bits per heavy atom. The van der Waals surface area contributed by atoms with Gasteiger partial charge in [0.05, 0.1) is 22.1 Å². The van der Waals surface area contributed by atoms with E-state index >= 15 is 0 Å².